The van der Waals surface area contributed by atoms with Gasteiger partial charge in [0.25, 0.3) is 0 Å². The summed E-state index contributed by atoms with van der Waals surface area (Å²) in [7, 11) is 1.66. The van der Waals surface area contributed by atoms with E-state index in [0.29, 0.717) is 12.4 Å². The van der Waals surface area contributed by atoms with Gasteiger partial charge < -0.3 is 10.1 Å². The first-order valence-electron chi connectivity index (χ1n) is 6.72. The van der Waals surface area contributed by atoms with E-state index in [9.17, 15) is 4.79 Å². The number of para-hydroxylation sites is 2. The van der Waals surface area contributed by atoms with Gasteiger partial charge in [-0.05, 0) is 25.0 Å². The Morgan fingerprint density at radius 3 is 2.85 bits per heavy atom. The van der Waals surface area contributed by atoms with E-state index in [1.54, 1.807) is 13.3 Å². The van der Waals surface area contributed by atoms with Crippen molar-refractivity contribution < 1.29 is 9.53 Å². The topological polar surface area (TPSA) is 64.1 Å². The van der Waals surface area contributed by atoms with Gasteiger partial charge in [0.15, 0.2) is 5.82 Å². The van der Waals surface area contributed by atoms with Crippen LogP contribution in [0.25, 0.3) is 11.0 Å². The quantitative estimate of drug-likeness (QED) is 0.822. The number of methoxy groups -OCH3 is 1. The summed E-state index contributed by atoms with van der Waals surface area (Å²) < 4.78 is 4.98. The molecule has 2 rings (SSSR count). The first-order valence-corrected chi connectivity index (χ1v) is 6.72. The fourth-order valence-electron chi connectivity index (χ4n) is 1.93. The highest BCUT2D eigenvalue weighted by molar-refractivity contribution is 5.92. The largest absolute Gasteiger partial charge is 0.385 e. The standard InChI is InChI=1S/C15H19N3O2/c1-11(6-5-9-20-2)15(19)18-14-10-16-12-7-3-4-8-13(12)17-14/h3-4,7-8,10-11H,5-6,9H2,1-2H3,(H,17,18,19)/t11-/m0/s1. The van der Waals surface area contributed by atoms with Crippen LogP contribution in [0.2, 0.25) is 0 Å². The Balaban J connectivity index is 1.98. The molecule has 1 aromatic carbocycles. The van der Waals surface area contributed by atoms with Crippen LogP contribution in [-0.2, 0) is 9.53 Å². The van der Waals surface area contributed by atoms with Gasteiger partial charge in [-0.15, -0.1) is 0 Å². The summed E-state index contributed by atoms with van der Waals surface area (Å²) in [5, 5.41) is 2.81. The number of carbonyl (C=O) groups is 1. The van der Waals surface area contributed by atoms with Crippen LogP contribution >= 0.6 is 0 Å². The van der Waals surface area contributed by atoms with Crippen molar-refractivity contribution in [3.05, 3.63) is 30.5 Å². The Hall–Kier alpha value is -2.01. The van der Waals surface area contributed by atoms with E-state index in [-0.39, 0.29) is 11.8 Å². The molecule has 0 aliphatic heterocycles. The lowest BCUT2D eigenvalue weighted by Crippen LogP contribution is -2.21. The minimum Gasteiger partial charge on any atom is -0.385 e. The number of hydrogen-bond acceptors (Lipinski definition) is 4. The van der Waals surface area contributed by atoms with Gasteiger partial charge in [0, 0.05) is 19.6 Å². The third kappa shape index (κ3) is 3.74. The normalized spacial score (nSPS) is 12.3. The Kier molecular flexibility index (Phi) is 5.01. The zero-order valence-corrected chi connectivity index (χ0v) is 11.8. The average Bonchev–Trinajstić information content (AvgIpc) is 2.47. The molecule has 1 atom stereocenters. The van der Waals surface area contributed by atoms with E-state index < -0.39 is 0 Å². The molecule has 1 aromatic heterocycles. The van der Waals surface area contributed by atoms with Crippen molar-refractivity contribution in [1.82, 2.24) is 9.97 Å². The van der Waals surface area contributed by atoms with Gasteiger partial charge in [-0.25, -0.2) is 4.98 Å². The number of nitrogens with zero attached hydrogens (tertiary/aromatic N) is 2. The molecule has 0 fully saturated rings. The Labute approximate surface area is 118 Å². The molecular formula is C15H19N3O2. The molecule has 5 nitrogen and oxygen atoms in total. The smallest absolute Gasteiger partial charge is 0.228 e. The lowest BCUT2D eigenvalue weighted by molar-refractivity contribution is -0.119. The maximum atomic E-state index is 12.0. The zero-order valence-electron chi connectivity index (χ0n) is 11.8. The second-order valence-electron chi connectivity index (χ2n) is 4.77. The number of carbonyl (C=O) groups excluding carboxylic acids is 1. The summed E-state index contributed by atoms with van der Waals surface area (Å²) in [4.78, 5) is 20.7. The van der Waals surface area contributed by atoms with Crippen LogP contribution in [0.3, 0.4) is 0 Å². The predicted octanol–water partition coefficient (Wildman–Crippen LogP) is 2.63. The molecule has 1 N–H and O–H groups in total. The van der Waals surface area contributed by atoms with Gasteiger partial charge in [0.2, 0.25) is 5.91 Å². The molecule has 2 aromatic rings. The molecule has 106 valence electrons. The van der Waals surface area contributed by atoms with Crippen molar-refractivity contribution in [2.24, 2.45) is 5.92 Å². The van der Waals surface area contributed by atoms with E-state index >= 15 is 0 Å². The number of anilines is 1. The van der Waals surface area contributed by atoms with E-state index in [2.05, 4.69) is 15.3 Å². The Bertz CT molecular complexity index is 586. The molecule has 0 saturated carbocycles. The second kappa shape index (κ2) is 6.96. The summed E-state index contributed by atoms with van der Waals surface area (Å²) in [6, 6.07) is 7.57. The fraction of sp³-hybridized carbons (Fsp3) is 0.400. The van der Waals surface area contributed by atoms with Crippen molar-refractivity contribution in [2.75, 3.05) is 19.0 Å². The monoisotopic (exact) mass is 273 g/mol. The lowest BCUT2D eigenvalue weighted by atomic mass is 10.1. The van der Waals surface area contributed by atoms with Gasteiger partial charge in [-0.2, -0.15) is 0 Å². The van der Waals surface area contributed by atoms with Crippen LogP contribution in [0, 0.1) is 5.92 Å². The second-order valence-corrected chi connectivity index (χ2v) is 4.77. The van der Waals surface area contributed by atoms with E-state index in [1.165, 1.54) is 0 Å². The van der Waals surface area contributed by atoms with Crippen molar-refractivity contribution in [2.45, 2.75) is 19.8 Å². The first-order chi connectivity index (χ1) is 9.70. The van der Waals surface area contributed by atoms with Crippen molar-refractivity contribution in [1.29, 1.82) is 0 Å². The highest BCUT2D eigenvalue weighted by Gasteiger charge is 2.13. The molecule has 0 unspecified atom stereocenters. The van der Waals surface area contributed by atoms with Crippen LogP contribution < -0.4 is 5.32 Å². The minimum absolute atomic E-state index is 0.0364. The van der Waals surface area contributed by atoms with Gasteiger partial charge in [-0.1, -0.05) is 19.1 Å². The number of nitrogens with one attached hydrogen (secondary N) is 1. The minimum atomic E-state index is -0.0709. The molecule has 0 aliphatic carbocycles. The van der Waals surface area contributed by atoms with Crippen molar-refractivity contribution in [3.8, 4) is 0 Å². The molecular weight excluding hydrogens is 254 g/mol. The summed E-state index contributed by atoms with van der Waals surface area (Å²) in [6.45, 7) is 2.58. The Morgan fingerprint density at radius 2 is 2.10 bits per heavy atom. The number of benzene rings is 1. The SMILES string of the molecule is COCCC[C@H](C)C(=O)Nc1cnc2ccccc2n1. The number of ether oxygens (including phenoxy) is 1. The van der Waals surface area contributed by atoms with Crippen LogP contribution in [-0.4, -0.2) is 29.6 Å². The van der Waals surface area contributed by atoms with E-state index in [0.717, 1.165) is 23.9 Å². The van der Waals surface area contributed by atoms with Crippen LogP contribution in [0.15, 0.2) is 30.5 Å². The average molecular weight is 273 g/mol. The third-order valence-electron chi connectivity index (χ3n) is 3.13. The zero-order chi connectivity index (χ0) is 14.4. The number of hydrogen-bond donors (Lipinski definition) is 1. The van der Waals surface area contributed by atoms with E-state index in [1.807, 2.05) is 31.2 Å². The molecule has 0 saturated heterocycles. The number of rotatable bonds is 6. The van der Waals surface area contributed by atoms with Crippen LogP contribution in [0.5, 0.6) is 0 Å². The van der Waals surface area contributed by atoms with E-state index in [4.69, 9.17) is 4.74 Å². The molecule has 1 amide bonds. The number of fused-ring (bicyclic) bond motifs is 1. The molecule has 5 heteroatoms. The summed E-state index contributed by atoms with van der Waals surface area (Å²) in [5.41, 5.74) is 1.59. The maximum absolute atomic E-state index is 12.0. The van der Waals surface area contributed by atoms with Crippen LogP contribution in [0.1, 0.15) is 19.8 Å². The van der Waals surface area contributed by atoms with Crippen molar-refractivity contribution >= 4 is 22.8 Å². The van der Waals surface area contributed by atoms with Crippen LogP contribution in [0.4, 0.5) is 5.82 Å². The number of amides is 1. The molecule has 20 heavy (non-hydrogen) atoms. The molecule has 0 spiro atoms. The Morgan fingerprint density at radius 1 is 1.35 bits per heavy atom. The molecule has 0 aliphatic rings. The third-order valence-corrected chi connectivity index (χ3v) is 3.13. The molecule has 0 bridgehead atoms. The highest BCUT2D eigenvalue weighted by atomic mass is 16.5. The van der Waals surface area contributed by atoms with Gasteiger partial charge in [0.05, 0.1) is 17.2 Å². The molecule has 0 radical (unpaired) electrons. The predicted molar refractivity (Wildman–Crippen MR) is 78.4 cm³/mol. The highest BCUT2D eigenvalue weighted by Crippen LogP contribution is 2.13. The fourth-order valence-corrected chi connectivity index (χ4v) is 1.93. The molecule has 1 heterocycles. The maximum Gasteiger partial charge on any atom is 0.228 e. The van der Waals surface area contributed by atoms with Crippen molar-refractivity contribution in [3.63, 3.8) is 0 Å². The van der Waals surface area contributed by atoms with Gasteiger partial charge in [0.1, 0.15) is 0 Å². The van der Waals surface area contributed by atoms with Gasteiger partial charge in [-0.3, -0.25) is 9.78 Å². The number of aromatic nitrogens is 2. The summed E-state index contributed by atoms with van der Waals surface area (Å²) in [6.07, 6.45) is 3.25. The van der Waals surface area contributed by atoms with Gasteiger partial charge >= 0.3 is 0 Å². The lowest BCUT2D eigenvalue weighted by Gasteiger charge is -2.11. The first kappa shape index (κ1) is 14.4. The summed E-state index contributed by atoms with van der Waals surface area (Å²) in [5.74, 6) is 0.386. The summed E-state index contributed by atoms with van der Waals surface area (Å²) >= 11 is 0.